The van der Waals surface area contributed by atoms with Gasteiger partial charge in [-0.3, -0.25) is 4.98 Å². The molecule has 0 atom stereocenters. The third-order valence-corrected chi connectivity index (χ3v) is 3.26. The number of hydrogen-bond donors (Lipinski definition) is 0. The highest BCUT2D eigenvalue weighted by molar-refractivity contribution is 5.27. The molecule has 0 radical (unpaired) electrons. The summed E-state index contributed by atoms with van der Waals surface area (Å²) in [6.07, 6.45) is 1.70. The lowest BCUT2D eigenvalue weighted by Crippen LogP contribution is -2.14. The highest BCUT2D eigenvalue weighted by Crippen LogP contribution is 2.16. The van der Waals surface area contributed by atoms with E-state index in [0.29, 0.717) is 72.7 Å². The molecule has 140 valence electrons. The number of fused-ring (bicyclic) bond motifs is 2. The van der Waals surface area contributed by atoms with Gasteiger partial charge in [-0.25, -0.2) is 0 Å². The lowest BCUT2D eigenvalue weighted by Gasteiger charge is -2.12. The van der Waals surface area contributed by atoms with Crippen LogP contribution in [-0.4, -0.2) is 64.4 Å². The van der Waals surface area contributed by atoms with Crippen LogP contribution in [0.25, 0.3) is 0 Å². The van der Waals surface area contributed by atoms with Gasteiger partial charge in [0.25, 0.3) is 0 Å². The maximum absolute atomic E-state index is 5.62. The van der Waals surface area contributed by atoms with Crippen LogP contribution in [0.1, 0.15) is 11.4 Å². The van der Waals surface area contributed by atoms with Crippen LogP contribution in [0.15, 0.2) is 24.8 Å². The van der Waals surface area contributed by atoms with Gasteiger partial charge in [0, 0.05) is 12.1 Å². The van der Waals surface area contributed by atoms with Crippen molar-refractivity contribution in [2.45, 2.75) is 13.2 Å². The molecule has 1 aliphatic rings. The Morgan fingerprint density at radius 3 is 1.68 bits per heavy atom. The molecule has 7 heteroatoms. The molecule has 0 saturated carbocycles. The van der Waals surface area contributed by atoms with Crippen LogP contribution in [0.3, 0.4) is 0 Å². The average molecular weight is 353 g/mol. The molecule has 7 nitrogen and oxygen atoms in total. The Bertz CT molecular complexity index is 462. The molecule has 0 unspecified atom stereocenters. The Morgan fingerprint density at radius 1 is 0.800 bits per heavy atom. The Morgan fingerprint density at radius 2 is 1.24 bits per heavy atom. The third kappa shape index (κ3) is 8.94. The van der Waals surface area contributed by atoms with Gasteiger partial charge in [-0.05, 0) is 0 Å². The molecule has 2 bridgehead atoms. The van der Waals surface area contributed by atoms with E-state index in [4.69, 9.17) is 28.4 Å². The first-order chi connectivity index (χ1) is 12.4. The SMILES string of the molecule is C=CCOc1cc2nc(c1)COCCOCCOCCOCCOC2. The first-order valence-electron chi connectivity index (χ1n) is 8.51. The molecule has 0 aromatic carbocycles. The van der Waals surface area contributed by atoms with Crippen molar-refractivity contribution in [3.05, 3.63) is 36.2 Å². The van der Waals surface area contributed by atoms with Crippen molar-refractivity contribution in [2.24, 2.45) is 0 Å². The van der Waals surface area contributed by atoms with Crippen molar-refractivity contribution < 1.29 is 28.4 Å². The fraction of sp³-hybridized carbons (Fsp3) is 0.611. The quantitative estimate of drug-likeness (QED) is 0.767. The number of nitrogens with zero attached hydrogens (tertiary/aromatic N) is 1. The van der Waals surface area contributed by atoms with E-state index >= 15 is 0 Å². The smallest absolute Gasteiger partial charge is 0.123 e. The van der Waals surface area contributed by atoms with Crippen molar-refractivity contribution in [2.75, 3.05) is 59.5 Å². The number of rotatable bonds is 3. The second-order valence-electron chi connectivity index (χ2n) is 5.33. The van der Waals surface area contributed by atoms with Gasteiger partial charge in [0.15, 0.2) is 0 Å². The maximum Gasteiger partial charge on any atom is 0.123 e. The molecule has 0 amide bonds. The second-order valence-corrected chi connectivity index (χ2v) is 5.33. The van der Waals surface area contributed by atoms with E-state index in [1.807, 2.05) is 12.1 Å². The van der Waals surface area contributed by atoms with E-state index in [2.05, 4.69) is 11.6 Å². The Balaban J connectivity index is 1.93. The highest BCUT2D eigenvalue weighted by atomic mass is 16.6. The molecule has 1 aliphatic heterocycles. The van der Waals surface area contributed by atoms with Crippen LogP contribution in [0, 0.1) is 0 Å². The highest BCUT2D eigenvalue weighted by Gasteiger charge is 2.05. The van der Waals surface area contributed by atoms with Gasteiger partial charge in [0.1, 0.15) is 12.4 Å². The van der Waals surface area contributed by atoms with E-state index in [0.717, 1.165) is 17.1 Å². The normalized spacial score (nSPS) is 18.7. The van der Waals surface area contributed by atoms with Gasteiger partial charge < -0.3 is 28.4 Å². The summed E-state index contributed by atoms with van der Waals surface area (Å²) in [5.74, 6) is 0.728. The topological polar surface area (TPSA) is 68.3 Å². The minimum Gasteiger partial charge on any atom is -0.489 e. The van der Waals surface area contributed by atoms with Crippen molar-refractivity contribution >= 4 is 0 Å². The van der Waals surface area contributed by atoms with Crippen molar-refractivity contribution in [3.63, 3.8) is 0 Å². The number of ether oxygens (including phenoxy) is 6. The van der Waals surface area contributed by atoms with E-state index in [9.17, 15) is 0 Å². The Labute approximate surface area is 148 Å². The second kappa shape index (κ2) is 12.8. The number of aromatic nitrogens is 1. The molecule has 25 heavy (non-hydrogen) atoms. The van der Waals surface area contributed by atoms with Crippen LogP contribution in [0.5, 0.6) is 5.75 Å². The van der Waals surface area contributed by atoms with Crippen LogP contribution in [0.2, 0.25) is 0 Å². The van der Waals surface area contributed by atoms with Gasteiger partial charge in [0.05, 0.1) is 77.5 Å². The summed E-state index contributed by atoms with van der Waals surface area (Å²) in [6, 6.07) is 3.73. The largest absolute Gasteiger partial charge is 0.489 e. The van der Waals surface area contributed by atoms with Gasteiger partial charge in [-0.1, -0.05) is 12.7 Å². The number of hydrogen-bond acceptors (Lipinski definition) is 7. The monoisotopic (exact) mass is 353 g/mol. The molecule has 0 fully saturated rings. The molecule has 0 N–H and O–H groups in total. The Kier molecular flexibility index (Phi) is 10.1. The fourth-order valence-corrected chi connectivity index (χ4v) is 2.14. The first kappa shape index (κ1) is 19.8. The summed E-state index contributed by atoms with van der Waals surface area (Å²) in [7, 11) is 0. The van der Waals surface area contributed by atoms with E-state index in [-0.39, 0.29) is 0 Å². The molecule has 1 aromatic heterocycles. The van der Waals surface area contributed by atoms with E-state index in [1.54, 1.807) is 6.08 Å². The molecular formula is C18H27NO6. The zero-order valence-electron chi connectivity index (χ0n) is 14.6. The van der Waals surface area contributed by atoms with Crippen molar-refractivity contribution in [1.29, 1.82) is 0 Å². The zero-order chi connectivity index (χ0) is 17.6. The van der Waals surface area contributed by atoms with Crippen LogP contribution in [0.4, 0.5) is 0 Å². The Hall–Kier alpha value is -1.51. The van der Waals surface area contributed by atoms with Crippen molar-refractivity contribution in [3.8, 4) is 5.75 Å². The zero-order valence-corrected chi connectivity index (χ0v) is 14.6. The van der Waals surface area contributed by atoms with E-state index in [1.165, 1.54) is 0 Å². The first-order valence-corrected chi connectivity index (χ1v) is 8.51. The molecule has 2 rings (SSSR count). The lowest BCUT2D eigenvalue weighted by molar-refractivity contribution is -0.0152. The van der Waals surface area contributed by atoms with Gasteiger partial charge in [-0.15, -0.1) is 0 Å². The van der Waals surface area contributed by atoms with Crippen LogP contribution < -0.4 is 4.74 Å². The standard InChI is InChI=1S/C18H27NO6/c1-2-3-25-18-12-16-14-23-10-8-21-6-4-20-5-7-22-9-11-24-15-17(13-18)19-16/h2,12-13H,1,3-11,14-15H2. The molecule has 0 aliphatic carbocycles. The maximum atomic E-state index is 5.62. The molecule has 0 spiro atoms. The predicted molar refractivity (Wildman–Crippen MR) is 91.7 cm³/mol. The summed E-state index contributed by atoms with van der Waals surface area (Å²) in [5, 5.41) is 0. The van der Waals surface area contributed by atoms with Gasteiger partial charge in [-0.2, -0.15) is 0 Å². The minimum absolute atomic E-state index is 0.390. The van der Waals surface area contributed by atoms with Crippen LogP contribution in [-0.2, 0) is 36.9 Å². The summed E-state index contributed by atoms with van der Waals surface area (Å²) < 4.78 is 33.1. The molecule has 1 aromatic rings. The van der Waals surface area contributed by atoms with E-state index < -0.39 is 0 Å². The molecular weight excluding hydrogens is 326 g/mol. The average Bonchev–Trinajstić information content (AvgIpc) is 2.62. The third-order valence-electron chi connectivity index (χ3n) is 3.26. The van der Waals surface area contributed by atoms with Crippen LogP contribution >= 0.6 is 0 Å². The molecule has 0 saturated heterocycles. The molecule has 2 heterocycles. The predicted octanol–water partition coefficient (Wildman–Crippen LogP) is 1.74. The van der Waals surface area contributed by atoms with Crippen molar-refractivity contribution in [1.82, 2.24) is 4.98 Å². The number of pyridine rings is 1. The van der Waals surface area contributed by atoms with Gasteiger partial charge >= 0.3 is 0 Å². The lowest BCUT2D eigenvalue weighted by atomic mass is 10.3. The minimum atomic E-state index is 0.390. The fourth-order valence-electron chi connectivity index (χ4n) is 2.14. The summed E-state index contributed by atoms with van der Waals surface area (Å²) in [4.78, 5) is 4.55. The summed E-state index contributed by atoms with van der Waals surface area (Å²) >= 11 is 0. The summed E-state index contributed by atoms with van der Waals surface area (Å²) in [6.45, 7) is 9.08. The van der Waals surface area contributed by atoms with Gasteiger partial charge in [0.2, 0.25) is 0 Å². The summed E-state index contributed by atoms with van der Waals surface area (Å²) in [5.41, 5.74) is 1.58.